The van der Waals surface area contributed by atoms with Crippen molar-refractivity contribution in [2.75, 3.05) is 13.1 Å². The van der Waals surface area contributed by atoms with Crippen molar-refractivity contribution in [1.29, 1.82) is 0 Å². The van der Waals surface area contributed by atoms with E-state index in [0.717, 1.165) is 29.1 Å². The molecule has 1 saturated heterocycles. The smallest absolute Gasteiger partial charge is 0.433 e. The monoisotopic (exact) mass is 570 g/mol. The molecule has 2 aromatic heterocycles. The van der Waals surface area contributed by atoms with Gasteiger partial charge in [-0.25, -0.2) is 18.7 Å². The summed E-state index contributed by atoms with van der Waals surface area (Å²) in [6, 6.07) is 9.09. The number of likely N-dealkylation sites (tertiary alicyclic amines) is 1. The van der Waals surface area contributed by atoms with Crippen molar-refractivity contribution in [3.8, 4) is 0 Å². The average molecular weight is 570 g/mol. The molecule has 0 saturated carbocycles. The molecule has 1 aliphatic rings. The minimum absolute atomic E-state index is 0.0293. The summed E-state index contributed by atoms with van der Waals surface area (Å²) in [5, 5.41) is 38.0. The number of aliphatic hydroxyl groups is 1. The summed E-state index contributed by atoms with van der Waals surface area (Å²) in [7, 11) is 0. The molecule has 1 aliphatic heterocycles. The van der Waals surface area contributed by atoms with Crippen LogP contribution < -0.4 is 0 Å². The average Bonchev–Trinajstić information content (AvgIpc) is 3.44. The molecular formula is C25H26F4N4O7. The van der Waals surface area contributed by atoms with E-state index < -0.39 is 48.2 Å². The standard InChI is InChI=1S/C19H18F4N4.C6H8O7/c1-12-7-17(19(21,22)23)27-18(24-12)9-16(25-27)14-5-6-26(11-14)10-13-3-2-4-15(20)8-13;7-3(8)1-6(13,5(11)12)2-4(9)10/h2-4,7-9,14H,5-6,10-11H2,1H3;13H,1-2H2,(H,7,8)(H,9,10)(H,11,12). The molecule has 0 radical (unpaired) electrons. The van der Waals surface area contributed by atoms with E-state index in [9.17, 15) is 31.9 Å². The number of hydrogen-bond acceptors (Lipinski definition) is 7. The summed E-state index contributed by atoms with van der Waals surface area (Å²) in [5.74, 6) is -5.26. The second-order valence-corrected chi connectivity index (χ2v) is 9.45. The van der Waals surface area contributed by atoms with Crippen LogP contribution >= 0.6 is 0 Å². The van der Waals surface area contributed by atoms with Gasteiger partial charge in [-0.1, -0.05) is 12.1 Å². The normalized spacial score (nSPS) is 16.0. The highest BCUT2D eigenvalue weighted by Crippen LogP contribution is 2.32. The highest BCUT2D eigenvalue weighted by Gasteiger charge is 2.41. The number of halogens is 4. The summed E-state index contributed by atoms with van der Waals surface area (Å²) < 4.78 is 54.1. The summed E-state index contributed by atoms with van der Waals surface area (Å²) >= 11 is 0. The van der Waals surface area contributed by atoms with Crippen molar-refractivity contribution in [2.24, 2.45) is 0 Å². The van der Waals surface area contributed by atoms with Gasteiger partial charge < -0.3 is 20.4 Å². The Hall–Kier alpha value is -4.11. The number of aromatic nitrogens is 3. The van der Waals surface area contributed by atoms with Gasteiger partial charge in [0.05, 0.1) is 18.5 Å². The van der Waals surface area contributed by atoms with Crippen LogP contribution in [0.4, 0.5) is 17.6 Å². The Morgan fingerprint density at radius 1 is 1.05 bits per heavy atom. The largest absolute Gasteiger partial charge is 0.481 e. The summed E-state index contributed by atoms with van der Waals surface area (Å²) in [6.07, 6.45) is -5.99. The van der Waals surface area contributed by atoms with Crippen LogP contribution in [0.5, 0.6) is 0 Å². The van der Waals surface area contributed by atoms with Gasteiger partial charge in [-0.15, -0.1) is 0 Å². The zero-order valence-electron chi connectivity index (χ0n) is 21.1. The Balaban J connectivity index is 0.000000289. The highest BCUT2D eigenvalue weighted by molar-refractivity contribution is 5.88. The first kappa shape index (κ1) is 30.4. The Bertz CT molecular complexity index is 1390. The van der Waals surface area contributed by atoms with Gasteiger partial charge in [-0.2, -0.15) is 18.3 Å². The molecule has 1 unspecified atom stereocenters. The van der Waals surface area contributed by atoms with Crippen molar-refractivity contribution < 1.29 is 52.4 Å². The van der Waals surface area contributed by atoms with Crippen molar-refractivity contribution in [2.45, 2.75) is 50.4 Å². The Morgan fingerprint density at radius 2 is 1.70 bits per heavy atom. The number of fused-ring (bicyclic) bond motifs is 1. The van der Waals surface area contributed by atoms with Gasteiger partial charge in [0.1, 0.15) is 11.5 Å². The van der Waals surface area contributed by atoms with Crippen molar-refractivity contribution in [3.63, 3.8) is 0 Å². The van der Waals surface area contributed by atoms with Crippen LogP contribution in [0.2, 0.25) is 0 Å². The number of aliphatic carboxylic acids is 3. The van der Waals surface area contributed by atoms with E-state index in [2.05, 4.69) is 15.0 Å². The third-order valence-corrected chi connectivity index (χ3v) is 6.14. The van der Waals surface area contributed by atoms with E-state index in [-0.39, 0.29) is 17.4 Å². The van der Waals surface area contributed by atoms with E-state index >= 15 is 0 Å². The molecule has 15 heteroatoms. The number of aryl methyl sites for hydroxylation is 1. The molecule has 0 aliphatic carbocycles. The minimum Gasteiger partial charge on any atom is -0.481 e. The van der Waals surface area contributed by atoms with E-state index in [1.165, 1.54) is 19.1 Å². The number of alkyl halides is 3. The van der Waals surface area contributed by atoms with Crippen LogP contribution in [0.3, 0.4) is 0 Å². The highest BCUT2D eigenvalue weighted by atomic mass is 19.4. The maximum atomic E-state index is 13.3. The number of rotatable bonds is 8. The lowest BCUT2D eigenvalue weighted by molar-refractivity contribution is -0.170. The number of nitrogens with zero attached hydrogens (tertiary/aromatic N) is 4. The lowest BCUT2D eigenvalue weighted by Crippen LogP contribution is -2.42. The van der Waals surface area contributed by atoms with Gasteiger partial charge in [-0.05, 0) is 43.7 Å². The zero-order valence-corrected chi connectivity index (χ0v) is 21.1. The van der Waals surface area contributed by atoms with E-state index in [1.807, 2.05) is 6.07 Å². The van der Waals surface area contributed by atoms with Crippen molar-refractivity contribution in [3.05, 3.63) is 64.9 Å². The fraction of sp³-hybridized carbons (Fsp3) is 0.400. The first-order chi connectivity index (χ1) is 18.6. The first-order valence-electron chi connectivity index (χ1n) is 11.9. The van der Waals surface area contributed by atoms with Crippen molar-refractivity contribution >= 4 is 23.6 Å². The van der Waals surface area contributed by atoms with Crippen LogP contribution in [0.15, 0.2) is 36.4 Å². The van der Waals surface area contributed by atoms with Crippen LogP contribution in [0.1, 0.15) is 47.8 Å². The second-order valence-electron chi connectivity index (χ2n) is 9.45. The molecule has 3 aromatic rings. The Labute approximate surface area is 224 Å². The maximum absolute atomic E-state index is 13.3. The van der Waals surface area contributed by atoms with Gasteiger partial charge in [0.15, 0.2) is 11.2 Å². The summed E-state index contributed by atoms with van der Waals surface area (Å²) in [6.45, 7) is 3.60. The summed E-state index contributed by atoms with van der Waals surface area (Å²) in [4.78, 5) is 36.8. The van der Waals surface area contributed by atoms with Crippen LogP contribution in [-0.4, -0.2) is 76.5 Å². The van der Waals surface area contributed by atoms with E-state index in [1.54, 1.807) is 12.1 Å². The molecule has 1 aromatic carbocycles. The fourth-order valence-corrected chi connectivity index (χ4v) is 4.34. The molecule has 3 heterocycles. The molecule has 0 amide bonds. The molecule has 4 N–H and O–H groups in total. The predicted molar refractivity (Wildman–Crippen MR) is 129 cm³/mol. The number of carboxylic acid groups (broad SMARTS) is 3. The summed E-state index contributed by atoms with van der Waals surface area (Å²) in [5.41, 5.74) is -1.55. The second kappa shape index (κ2) is 12.0. The number of carboxylic acids is 3. The van der Waals surface area contributed by atoms with Crippen molar-refractivity contribution in [1.82, 2.24) is 19.5 Å². The Morgan fingerprint density at radius 3 is 2.25 bits per heavy atom. The lowest BCUT2D eigenvalue weighted by atomic mass is 9.96. The van der Waals surface area contributed by atoms with Gasteiger partial charge in [0.25, 0.3) is 0 Å². The van der Waals surface area contributed by atoms with Gasteiger partial charge in [0.2, 0.25) is 0 Å². The van der Waals surface area contributed by atoms with Gasteiger partial charge in [-0.3, -0.25) is 14.5 Å². The van der Waals surface area contributed by atoms with E-state index in [4.69, 9.17) is 20.4 Å². The number of hydrogen-bond donors (Lipinski definition) is 4. The minimum atomic E-state index is -4.49. The fourth-order valence-electron chi connectivity index (χ4n) is 4.34. The molecular weight excluding hydrogens is 544 g/mol. The lowest BCUT2D eigenvalue weighted by Gasteiger charge is -2.18. The number of benzene rings is 1. The molecule has 40 heavy (non-hydrogen) atoms. The molecule has 1 atom stereocenters. The van der Waals surface area contributed by atoms with Crippen LogP contribution in [-0.2, 0) is 27.1 Å². The third-order valence-electron chi connectivity index (χ3n) is 6.14. The molecule has 216 valence electrons. The molecule has 11 nitrogen and oxygen atoms in total. The maximum Gasteiger partial charge on any atom is 0.433 e. The first-order valence-corrected chi connectivity index (χ1v) is 11.9. The number of carbonyl (C=O) groups is 3. The quantitative estimate of drug-likeness (QED) is 0.296. The van der Waals surface area contributed by atoms with Gasteiger partial charge in [0, 0.05) is 30.8 Å². The topological polar surface area (TPSA) is 166 Å². The third kappa shape index (κ3) is 7.72. The van der Waals surface area contributed by atoms with Crippen LogP contribution in [0, 0.1) is 12.7 Å². The van der Waals surface area contributed by atoms with E-state index in [0.29, 0.717) is 24.5 Å². The molecule has 4 rings (SSSR count). The SMILES string of the molecule is Cc1cc(C(F)(F)F)n2nc(C3CCN(Cc4cccc(F)c4)C3)cc2n1.O=C(O)CC(O)(CC(=O)O)C(=O)O. The Kier molecular flexibility index (Phi) is 9.10. The zero-order chi connectivity index (χ0) is 29.8. The molecule has 0 bridgehead atoms. The molecule has 1 fully saturated rings. The van der Waals surface area contributed by atoms with Crippen LogP contribution in [0.25, 0.3) is 5.65 Å². The predicted octanol–water partition coefficient (Wildman–Crippen LogP) is 2.94. The molecule has 0 spiro atoms. The van der Waals surface area contributed by atoms with Gasteiger partial charge >= 0.3 is 24.1 Å².